The summed E-state index contributed by atoms with van der Waals surface area (Å²) in [5.74, 6) is 0.0449. The van der Waals surface area contributed by atoms with E-state index in [-0.39, 0.29) is 25.0 Å². The van der Waals surface area contributed by atoms with E-state index in [0.29, 0.717) is 22.1 Å². The minimum absolute atomic E-state index is 0.0431. The van der Waals surface area contributed by atoms with Crippen molar-refractivity contribution >= 4 is 34.8 Å². The molecular formula is C11H12ClN3O3. The number of fused-ring (bicyclic) bond motifs is 1. The standard InChI is InChI=1S/C11H12ClN3O3/c1-13-4-10(16)14-7-3-9-8(2-6(7)12)15-11(17)5-18-9/h2-3,13H,4-5H2,1H3,(H,14,16)(H,15,17). The molecule has 1 aromatic carbocycles. The van der Waals surface area contributed by atoms with Crippen molar-refractivity contribution in [2.45, 2.75) is 0 Å². The number of amides is 2. The first-order valence-electron chi connectivity index (χ1n) is 5.31. The van der Waals surface area contributed by atoms with Crippen LogP contribution >= 0.6 is 11.6 Å². The van der Waals surface area contributed by atoms with E-state index in [9.17, 15) is 9.59 Å². The smallest absolute Gasteiger partial charge is 0.262 e. The number of nitrogens with one attached hydrogen (secondary N) is 3. The summed E-state index contributed by atoms with van der Waals surface area (Å²) < 4.78 is 5.24. The van der Waals surface area contributed by atoms with Gasteiger partial charge in [0.25, 0.3) is 5.91 Å². The third-order valence-corrected chi connectivity index (χ3v) is 2.63. The highest BCUT2D eigenvalue weighted by atomic mass is 35.5. The lowest BCUT2D eigenvalue weighted by Crippen LogP contribution is -2.27. The van der Waals surface area contributed by atoms with Gasteiger partial charge in [0.05, 0.1) is 22.9 Å². The summed E-state index contributed by atoms with van der Waals surface area (Å²) in [5.41, 5.74) is 0.953. The molecule has 1 heterocycles. The average Bonchev–Trinajstić information content (AvgIpc) is 2.31. The fourth-order valence-corrected chi connectivity index (χ4v) is 1.76. The molecular weight excluding hydrogens is 258 g/mol. The van der Waals surface area contributed by atoms with Crippen molar-refractivity contribution in [3.8, 4) is 5.75 Å². The molecule has 7 heteroatoms. The lowest BCUT2D eigenvalue weighted by Gasteiger charge is -2.19. The molecule has 1 aliphatic rings. The first-order chi connectivity index (χ1) is 8.60. The Labute approximate surface area is 109 Å². The second-order valence-electron chi connectivity index (χ2n) is 3.74. The number of rotatable bonds is 3. The minimum Gasteiger partial charge on any atom is -0.482 e. The predicted molar refractivity (Wildman–Crippen MR) is 68.1 cm³/mol. The van der Waals surface area contributed by atoms with Crippen molar-refractivity contribution in [1.82, 2.24) is 5.32 Å². The molecule has 1 aliphatic heterocycles. The van der Waals surface area contributed by atoms with Gasteiger partial charge in [0.15, 0.2) is 6.61 Å². The Hall–Kier alpha value is -1.79. The van der Waals surface area contributed by atoms with E-state index in [1.807, 2.05) is 0 Å². The van der Waals surface area contributed by atoms with Crippen molar-refractivity contribution in [2.75, 3.05) is 30.8 Å². The molecule has 0 aromatic heterocycles. The SMILES string of the molecule is CNCC(=O)Nc1cc2c(cc1Cl)NC(=O)CO2. The van der Waals surface area contributed by atoms with E-state index in [1.165, 1.54) is 0 Å². The number of anilines is 2. The average molecular weight is 270 g/mol. The monoisotopic (exact) mass is 269 g/mol. The molecule has 6 nitrogen and oxygen atoms in total. The topological polar surface area (TPSA) is 79.5 Å². The molecule has 0 fully saturated rings. The molecule has 18 heavy (non-hydrogen) atoms. The van der Waals surface area contributed by atoms with Crippen molar-refractivity contribution < 1.29 is 14.3 Å². The molecule has 96 valence electrons. The third kappa shape index (κ3) is 2.72. The zero-order chi connectivity index (χ0) is 13.1. The lowest BCUT2D eigenvalue weighted by molar-refractivity contribution is -0.118. The molecule has 0 saturated heterocycles. The molecule has 2 amide bonds. The van der Waals surface area contributed by atoms with Crippen LogP contribution in [0.2, 0.25) is 5.02 Å². The summed E-state index contributed by atoms with van der Waals surface area (Å²) in [7, 11) is 1.67. The van der Waals surface area contributed by atoms with Crippen LogP contribution in [-0.4, -0.2) is 32.0 Å². The molecule has 0 saturated carbocycles. The highest BCUT2D eigenvalue weighted by molar-refractivity contribution is 6.34. The Morgan fingerprint density at radius 3 is 3.06 bits per heavy atom. The number of ether oxygens (including phenoxy) is 1. The summed E-state index contributed by atoms with van der Waals surface area (Å²) in [6.45, 7) is 0.142. The first-order valence-corrected chi connectivity index (χ1v) is 5.68. The number of likely N-dealkylation sites (N-methyl/N-ethyl adjacent to an activating group) is 1. The molecule has 3 N–H and O–H groups in total. The van der Waals surface area contributed by atoms with Gasteiger partial charge in [0.2, 0.25) is 5.91 Å². The number of halogens is 1. The maximum atomic E-state index is 11.4. The molecule has 0 unspecified atom stereocenters. The normalized spacial score (nSPS) is 13.3. The van der Waals surface area contributed by atoms with Gasteiger partial charge in [0.1, 0.15) is 5.75 Å². The van der Waals surface area contributed by atoms with Crippen LogP contribution in [0.25, 0.3) is 0 Å². The molecule has 0 bridgehead atoms. The van der Waals surface area contributed by atoms with Gasteiger partial charge >= 0.3 is 0 Å². The van der Waals surface area contributed by atoms with Gasteiger partial charge in [-0.1, -0.05) is 11.6 Å². The predicted octanol–water partition coefficient (Wildman–Crippen LogP) is 0.829. The highest BCUT2D eigenvalue weighted by Crippen LogP contribution is 2.36. The number of benzene rings is 1. The Bertz CT molecular complexity index is 505. The fraction of sp³-hybridized carbons (Fsp3) is 0.273. The summed E-state index contributed by atoms with van der Waals surface area (Å²) >= 11 is 6.01. The number of hydrogen-bond donors (Lipinski definition) is 3. The number of carbonyl (C=O) groups excluding carboxylic acids is 2. The van der Waals surface area contributed by atoms with Crippen molar-refractivity contribution in [3.05, 3.63) is 17.2 Å². The van der Waals surface area contributed by atoms with Gasteiger partial charge in [-0.15, -0.1) is 0 Å². The van der Waals surface area contributed by atoms with Gasteiger partial charge in [-0.05, 0) is 13.1 Å². The van der Waals surface area contributed by atoms with Crippen molar-refractivity contribution in [2.24, 2.45) is 0 Å². The van der Waals surface area contributed by atoms with Crippen molar-refractivity contribution in [1.29, 1.82) is 0 Å². The zero-order valence-electron chi connectivity index (χ0n) is 9.67. The summed E-state index contributed by atoms with van der Waals surface area (Å²) in [6, 6.07) is 3.13. The van der Waals surface area contributed by atoms with Crippen LogP contribution in [-0.2, 0) is 9.59 Å². The maximum Gasteiger partial charge on any atom is 0.262 e. The quantitative estimate of drug-likeness (QED) is 0.759. The second kappa shape index (κ2) is 5.24. The lowest BCUT2D eigenvalue weighted by atomic mass is 10.2. The van der Waals surface area contributed by atoms with Crippen LogP contribution < -0.4 is 20.7 Å². The van der Waals surface area contributed by atoms with Crippen LogP contribution in [0.1, 0.15) is 0 Å². The third-order valence-electron chi connectivity index (χ3n) is 2.31. The van der Waals surface area contributed by atoms with E-state index in [4.69, 9.17) is 16.3 Å². The Morgan fingerprint density at radius 2 is 2.33 bits per heavy atom. The summed E-state index contributed by atoms with van der Waals surface area (Å²) in [5, 5.41) is 8.35. The molecule has 0 aliphatic carbocycles. The van der Waals surface area contributed by atoms with Gasteiger partial charge in [-0.2, -0.15) is 0 Å². The van der Waals surface area contributed by atoms with Crippen LogP contribution in [0.4, 0.5) is 11.4 Å². The van der Waals surface area contributed by atoms with Crippen LogP contribution in [0.15, 0.2) is 12.1 Å². The van der Waals surface area contributed by atoms with Crippen LogP contribution in [0.3, 0.4) is 0 Å². The van der Waals surface area contributed by atoms with Gasteiger partial charge < -0.3 is 20.7 Å². The van der Waals surface area contributed by atoms with E-state index in [0.717, 1.165) is 0 Å². The van der Waals surface area contributed by atoms with Gasteiger partial charge in [-0.25, -0.2) is 0 Å². The molecule has 0 atom stereocenters. The zero-order valence-corrected chi connectivity index (χ0v) is 10.4. The largest absolute Gasteiger partial charge is 0.482 e. The molecule has 0 spiro atoms. The molecule has 1 aromatic rings. The Morgan fingerprint density at radius 1 is 1.56 bits per heavy atom. The fourth-order valence-electron chi connectivity index (χ4n) is 1.55. The first kappa shape index (κ1) is 12.7. The highest BCUT2D eigenvalue weighted by Gasteiger charge is 2.18. The molecule has 2 rings (SSSR count). The van der Waals surface area contributed by atoms with E-state index >= 15 is 0 Å². The Balaban J connectivity index is 2.22. The van der Waals surface area contributed by atoms with Crippen LogP contribution in [0.5, 0.6) is 5.75 Å². The summed E-state index contributed by atoms with van der Waals surface area (Å²) in [6.07, 6.45) is 0. The van der Waals surface area contributed by atoms with Crippen molar-refractivity contribution in [3.63, 3.8) is 0 Å². The second-order valence-corrected chi connectivity index (χ2v) is 4.15. The summed E-state index contributed by atoms with van der Waals surface area (Å²) in [4.78, 5) is 22.6. The Kier molecular flexibility index (Phi) is 3.69. The number of hydrogen-bond acceptors (Lipinski definition) is 4. The van der Waals surface area contributed by atoms with E-state index in [1.54, 1.807) is 19.2 Å². The van der Waals surface area contributed by atoms with Gasteiger partial charge in [-0.3, -0.25) is 9.59 Å². The van der Waals surface area contributed by atoms with E-state index < -0.39 is 0 Å². The van der Waals surface area contributed by atoms with E-state index in [2.05, 4.69) is 16.0 Å². The minimum atomic E-state index is -0.231. The van der Waals surface area contributed by atoms with Gasteiger partial charge in [0, 0.05) is 6.07 Å². The maximum absolute atomic E-state index is 11.4. The number of carbonyl (C=O) groups is 2. The molecule has 0 radical (unpaired) electrons. The van der Waals surface area contributed by atoms with Crippen LogP contribution in [0, 0.1) is 0 Å².